The van der Waals surface area contributed by atoms with E-state index in [9.17, 15) is 5.11 Å². The van der Waals surface area contributed by atoms with E-state index < -0.39 is 6.10 Å². The van der Waals surface area contributed by atoms with Gasteiger partial charge in [-0.05, 0) is 48.6 Å². The summed E-state index contributed by atoms with van der Waals surface area (Å²) in [5, 5.41) is 12.6. The molecule has 1 aliphatic rings. The summed E-state index contributed by atoms with van der Waals surface area (Å²) in [6.45, 7) is 6.72. The molecule has 1 atom stereocenters. The van der Waals surface area contributed by atoms with Crippen LogP contribution >= 0.6 is 0 Å². The maximum Gasteiger partial charge on any atom is 0.127 e. The number of aromatic nitrogens is 1. The van der Waals surface area contributed by atoms with Gasteiger partial charge in [0, 0.05) is 37.4 Å². The molecular formula is C24H28N2O3. The van der Waals surface area contributed by atoms with Crippen LogP contribution < -0.4 is 4.74 Å². The van der Waals surface area contributed by atoms with E-state index in [2.05, 4.69) is 41.9 Å². The highest BCUT2D eigenvalue weighted by Gasteiger charge is 2.29. The topological polar surface area (TPSA) is 54.8 Å². The van der Waals surface area contributed by atoms with Gasteiger partial charge in [0.1, 0.15) is 18.5 Å². The van der Waals surface area contributed by atoms with Gasteiger partial charge >= 0.3 is 0 Å². The molecule has 152 valence electrons. The van der Waals surface area contributed by atoms with Crippen LogP contribution in [0.1, 0.15) is 13.8 Å². The Hall–Kier alpha value is -2.47. The van der Waals surface area contributed by atoms with Crippen LogP contribution in [0.5, 0.6) is 5.75 Å². The quantitative estimate of drug-likeness (QED) is 0.633. The van der Waals surface area contributed by atoms with Crippen LogP contribution in [-0.4, -0.2) is 59.5 Å². The van der Waals surface area contributed by atoms with Crippen LogP contribution in [0.2, 0.25) is 0 Å². The maximum absolute atomic E-state index is 10.4. The standard InChI is InChI=1S/C24H28N2O3/c1-17(2)29-20-14-26(15-20)13-19(27)16-28-24-8-7-21(18-9-11-25-12-10-18)22-5-3-4-6-23(22)24/h3-12,17,19-20,27H,13-16H2,1-2H3. The summed E-state index contributed by atoms with van der Waals surface area (Å²) < 4.78 is 11.8. The average molecular weight is 392 g/mol. The van der Waals surface area contributed by atoms with E-state index >= 15 is 0 Å². The van der Waals surface area contributed by atoms with Gasteiger partial charge in [0.05, 0.1) is 12.2 Å². The Morgan fingerprint density at radius 3 is 2.48 bits per heavy atom. The molecular weight excluding hydrogens is 364 g/mol. The minimum Gasteiger partial charge on any atom is -0.490 e. The maximum atomic E-state index is 10.4. The number of hydrogen-bond donors (Lipinski definition) is 1. The molecule has 4 rings (SSSR count). The number of hydrogen-bond acceptors (Lipinski definition) is 5. The first-order chi connectivity index (χ1) is 14.1. The molecule has 29 heavy (non-hydrogen) atoms. The highest BCUT2D eigenvalue weighted by atomic mass is 16.5. The van der Waals surface area contributed by atoms with Gasteiger partial charge in [-0.15, -0.1) is 0 Å². The monoisotopic (exact) mass is 392 g/mol. The average Bonchev–Trinajstić information content (AvgIpc) is 2.70. The predicted molar refractivity (Wildman–Crippen MR) is 115 cm³/mol. The molecule has 1 aliphatic heterocycles. The van der Waals surface area contributed by atoms with E-state index in [1.165, 1.54) is 0 Å². The van der Waals surface area contributed by atoms with Crippen molar-refractivity contribution in [1.82, 2.24) is 9.88 Å². The van der Waals surface area contributed by atoms with E-state index in [0.29, 0.717) is 6.54 Å². The van der Waals surface area contributed by atoms with E-state index in [0.717, 1.165) is 40.7 Å². The zero-order chi connectivity index (χ0) is 20.2. The number of aliphatic hydroxyl groups is 1. The normalized spacial score (nSPS) is 16.1. The Balaban J connectivity index is 1.40. The number of fused-ring (bicyclic) bond motifs is 1. The van der Waals surface area contributed by atoms with Crippen molar-refractivity contribution in [3.63, 3.8) is 0 Å². The molecule has 0 amide bonds. The number of ether oxygens (including phenoxy) is 2. The smallest absolute Gasteiger partial charge is 0.127 e. The largest absolute Gasteiger partial charge is 0.490 e. The molecule has 0 radical (unpaired) electrons. The zero-order valence-corrected chi connectivity index (χ0v) is 17.0. The molecule has 0 spiro atoms. The molecule has 5 nitrogen and oxygen atoms in total. The number of likely N-dealkylation sites (tertiary alicyclic amines) is 1. The fourth-order valence-corrected chi connectivity index (χ4v) is 3.86. The van der Waals surface area contributed by atoms with Crippen molar-refractivity contribution >= 4 is 10.8 Å². The van der Waals surface area contributed by atoms with Crippen molar-refractivity contribution in [1.29, 1.82) is 0 Å². The van der Waals surface area contributed by atoms with Gasteiger partial charge < -0.3 is 14.6 Å². The summed E-state index contributed by atoms with van der Waals surface area (Å²) in [6.07, 6.45) is 3.61. The second kappa shape index (κ2) is 8.91. The van der Waals surface area contributed by atoms with Crippen LogP contribution in [0.3, 0.4) is 0 Å². The lowest BCUT2D eigenvalue weighted by atomic mass is 9.98. The first-order valence-electron chi connectivity index (χ1n) is 10.2. The molecule has 1 fully saturated rings. The third-order valence-electron chi connectivity index (χ3n) is 5.16. The predicted octanol–water partition coefficient (Wildman–Crippen LogP) is 3.75. The third kappa shape index (κ3) is 4.75. The van der Waals surface area contributed by atoms with Crippen LogP contribution in [0, 0.1) is 0 Å². The van der Waals surface area contributed by atoms with Crippen LogP contribution in [-0.2, 0) is 4.74 Å². The Kier molecular flexibility index (Phi) is 6.09. The Labute approximate surface area is 171 Å². The summed E-state index contributed by atoms with van der Waals surface area (Å²) in [5.74, 6) is 0.794. The van der Waals surface area contributed by atoms with Crippen molar-refractivity contribution in [2.24, 2.45) is 0 Å². The van der Waals surface area contributed by atoms with E-state index in [1.54, 1.807) is 12.4 Å². The third-order valence-corrected chi connectivity index (χ3v) is 5.16. The van der Waals surface area contributed by atoms with Crippen LogP contribution in [0.4, 0.5) is 0 Å². The molecule has 3 aromatic rings. The van der Waals surface area contributed by atoms with Crippen LogP contribution in [0.25, 0.3) is 21.9 Å². The molecule has 2 heterocycles. The van der Waals surface area contributed by atoms with Crippen molar-refractivity contribution in [2.45, 2.75) is 32.2 Å². The van der Waals surface area contributed by atoms with Gasteiger partial charge in [0.2, 0.25) is 0 Å². The molecule has 1 saturated heterocycles. The van der Waals surface area contributed by atoms with Crippen molar-refractivity contribution in [3.05, 3.63) is 60.9 Å². The molecule has 0 bridgehead atoms. The number of aliphatic hydroxyl groups excluding tert-OH is 1. The van der Waals surface area contributed by atoms with Gasteiger partial charge in [0.15, 0.2) is 0 Å². The summed E-state index contributed by atoms with van der Waals surface area (Å²) in [7, 11) is 0. The lowest BCUT2D eigenvalue weighted by Crippen LogP contribution is -2.55. The van der Waals surface area contributed by atoms with E-state index in [1.807, 2.05) is 30.3 Å². The van der Waals surface area contributed by atoms with Gasteiger partial charge in [-0.3, -0.25) is 9.88 Å². The van der Waals surface area contributed by atoms with Crippen LogP contribution in [0.15, 0.2) is 60.9 Å². The van der Waals surface area contributed by atoms with Gasteiger partial charge in [-0.1, -0.05) is 30.3 Å². The van der Waals surface area contributed by atoms with Gasteiger partial charge in [-0.2, -0.15) is 0 Å². The lowest BCUT2D eigenvalue weighted by molar-refractivity contribution is -0.0919. The molecule has 1 N–H and O–H groups in total. The minimum atomic E-state index is -0.534. The zero-order valence-electron chi connectivity index (χ0n) is 17.0. The molecule has 2 aromatic carbocycles. The number of rotatable bonds is 8. The Morgan fingerprint density at radius 1 is 1.03 bits per heavy atom. The molecule has 5 heteroatoms. The molecule has 0 saturated carbocycles. The number of nitrogens with zero attached hydrogens (tertiary/aromatic N) is 2. The van der Waals surface area contributed by atoms with Crippen molar-refractivity contribution < 1.29 is 14.6 Å². The second-order valence-corrected chi connectivity index (χ2v) is 7.88. The molecule has 1 unspecified atom stereocenters. The van der Waals surface area contributed by atoms with Gasteiger partial charge in [-0.25, -0.2) is 0 Å². The SMILES string of the molecule is CC(C)OC1CN(CC(O)COc2ccc(-c3ccncc3)c3ccccc23)C1. The summed E-state index contributed by atoms with van der Waals surface area (Å²) in [6, 6.07) is 16.3. The number of pyridine rings is 1. The number of benzene rings is 2. The first-order valence-corrected chi connectivity index (χ1v) is 10.2. The second-order valence-electron chi connectivity index (χ2n) is 7.88. The summed E-state index contributed by atoms with van der Waals surface area (Å²) >= 11 is 0. The van der Waals surface area contributed by atoms with Gasteiger partial charge in [0.25, 0.3) is 0 Å². The fraction of sp³-hybridized carbons (Fsp3) is 0.375. The van der Waals surface area contributed by atoms with Crippen molar-refractivity contribution in [3.8, 4) is 16.9 Å². The van der Waals surface area contributed by atoms with E-state index in [4.69, 9.17) is 9.47 Å². The van der Waals surface area contributed by atoms with E-state index in [-0.39, 0.29) is 18.8 Å². The van der Waals surface area contributed by atoms with Crippen molar-refractivity contribution in [2.75, 3.05) is 26.2 Å². The fourth-order valence-electron chi connectivity index (χ4n) is 3.86. The first kappa shape index (κ1) is 19.8. The Morgan fingerprint density at radius 2 is 1.76 bits per heavy atom. The minimum absolute atomic E-state index is 0.249. The lowest BCUT2D eigenvalue weighted by Gasteiger charge is -2.40. The molecule has 1 aromatic heterocycles. The Bertz CT molecular complexity index is 939. The highest BCUT2D eigenvalue weighted by molar-refractivity contribution is 6.00. The summed E-state index contributed by atoms with van der Waals surface area (Å²) in [5.41, 5.74) is 2.27. The summed E-state index contributed by atoms with van der Waals surface area (Å²) in [4.78, 5) is 6.31. The number of β-amino-alcohol motifs (C(OH)–C–C–N with tert-alkyl or cyclic N) is 1. The molecule has 0 aliphatic carbocycles. The highest BCUT2D eigenvalue weighted by Crippen LogP contribution is 2.34.